The molecule has 1 aromatic heterocycles. The maximum absolute atomic E-state index is 12.9. The summed E-state index contributed by atoms with van der Waals surface area (Å²) in [6, 6.07) is 7.82. The van der Waals surface area contributed by atoms with Crippen LogP contribution in [0.3, 0.4) is 0 Å². The van der Waals surface area contributed by atoms with Crippen LogP contribution >= 0.6 is 0 Å². The van der Waals surface area contributed by atoms with E-state index in [-0.39, 0.29) is 5.56 Å². The molecule has 0 saturated carbocycles. The fourth-order valence-electron chi connectivity index (χ4n) is 1.93. The maximum Gasteiger partial charge on any atom is 0.418 e. The van der Waals surface area contributed by atoms with Crippen LogP contribution < -0.4 is 15.6 Å². The number of alkyl halides is 3. The predicted molar refractivity (Wildman–Crippen MR) is 81.8 cm³/mol. The van der Waals surface area contributed by atoms with E-state index in [2.05, 4.69) is 4.98 Å². The van der Waals surface area contributed by atoms with Gasteiger partial charge in [0.25, 0.3) is 11.8 Å². The highest BCUT2D eigenvalue weighted by Crippen LogP contribution is 2.30. The van der Waals surface area contributed by atoms with Gasteiger partial charge in [-0.1, -0.05) is 0 Å². The van der Waals surface area contributed by atoms with E-state index in [1.54, 1.807) is 12.1 Å². The second-order valence-corrected chi connectivity index (χ2v) is 4.76. The van der Waals surface area contributed by atoms with Gasteiger partial charge in [0.1, 0.15) is 11.4 Å². The summed E-state index contributed by atoms with van der Waals surface area (Å²) in [4.78, 5) is 27.2. The molecule has 2 amide bonds. The lowest BCUT2D eigenvalue weighted by Crippen LogP contribution is -2.42. The lowest BCUT2D eigenvalue weighted by Gasteiger charge is -2.12. The molecule has 0 aliphatic rings. The molecular weight excluding hydrogens is 339 g/mol. The summed E-state index contributed by atoms with van der Waals surface area (Å²) in [5, 5.41) is 0. The van der Waals surface area contributed by atoms with E-state index in [1.807, 2.05) is 17.8 Å². The minimum absolute atomic E-state index is 0.195. The zero-order valence-corrected chi connectivity index (χ0v) is 13.1. The van der Waals surface area contributed by atoms with Gasteiger partial charge in [0.05, 0.1) is 12.2 Å². The topological polar surface area (TPSA) is 80.3 Å². The smallest absolute Gasteiger partial charge is 0.418 e. The minimum atomic E-state index is -4.74. The summed E-state index contributed by atoms with van der Waals surface area (Å²) < 4.78 is 43.8. The third kappa shape index (κ3) is 4.69. The Labute approximate surface area is 141 Å². The number of benzene rings is 1. The van der Waals surface area contributed by atoms with Crippen LogP contribution in [0.5, 0.6) is 5.75 Å². The number of nitrogens with one attached hydrogen (secondary N) is 2. The fourth-order valence-corrected chi connectivity index (χ4v) is 1.93. The third-order valence-electron chi connectivity index (χ3n) is 3.05. The number of hydrogen-bond donors (Lipinski definition) is 2. The van der Waals surface area contributed by atoms with E-state index in [9.17, 15) is 22.8 Å². The van der Waals surface area contributed by atoms with Crippen LogP contribution in [-0.4, -0.2) is 23.4 Å². The Hall–Kier alpha value is -3.10. The molecule has 0 fully saturated rings. The Morgan fingerprint density at radius 2 is 1.72 bits per heavy atom. The summed E-state index contributed by atoms with van der Waals surface area (Å²) in [6.45, 7) is 2.27. The van der Waals surface area contributed by atoms with E-state index in [0.29, 0.717) is 12.4 Å². The summed E-state index contributed by atoms with van der Waals surface area (Å²) in [5.41, 5.74) is 2.13. The van der Waals surface area contributed by atoms with Gasteiger partial charge in [-0.2, -0.15) is 13.2 Å². The van der Waals surface area contributed by atoms with Crippen molar-refractivity contribution in [1.82, 2.24) is 15.8 Å². The number of amides is 2. The molecule has 0 atom stereocenters. The molecule has 1 heterocycles. The highest BCUT2D eigenvalue weighted by molar-refractivity contribution is 5.98. The van der Waals surface area contributed by atoms with Gasteiger partial charge in [0, 0.05) is 11.8 Å². The molecule has 2 rings (SSSR count). The zero-order chi connectivity index (χ0) is 18.4. The van der Waals surface area contributed by atoms with Crippen molar-refractivity contribution < 1.29 is 27.5 Å². The number of halogens is 3. The molecule has 2 N–H and O–H groups in total. The third-order valence-corrected chi connectivity index (χ3v) is 3.05. The van der Waals surface area contributed by atoms with Gasteiger partial charge in [0.15, 0.2) is 0 Å². The van der Waals surface area contributed by atoms with E-state index < -0.39 is 29.2 Å². The minimum Gasteiger partial charge on any atom is -0.494 e. The molecule has 0 bridgehead atoms. The van der Waals surface area contributed by atoms with E-state index in [4.69, 9.17) is 4.74 Å². The van der Waals surface area contributed by atoms with Crippen LogP contribution in [0, 0.1) is 0 Å². The Bertz CT molecular complexity index is 761. The molecule has 0 radical (unpaired) electrons. The van der Waals surface area contributed by atoms with Crippen molar-refractivity contribution in [3.63, 3.8) is 0 Å². The predicted octanol–water partition coefficient (Wildman–Crippen LogP) is 2.57. The number of carbonyl (C=O) groups excluding carboxylic acids is 2. The highest BCUT2D eigenvalue weighted by atomic mass is 19.4. The lowest BCUT2D eigenvalue weighted by molar-refractivity contribution is -0.138. The molecule has 9 heteroatoms. The summed E-state index contributed by atoms with van der Waals surface area (Å²) >= 11 is 0. The van der Waals surface area contributed by atoms with Gasteiger partial charge < -0.3 is 4.74 Å². The molecule has 2 aromatic rings. The molecular formula is C16H14F3N3O3. The largest absolute Gasteiger partial charge is 0.494 e. The normalized spacial score (nSPS) is 10.9. The first-order chi connectivity index (χ1) is 11.8. The monoisotopic (exact) mass is 353 g/mol. The van der Waals surface area contributed by atoms with Gasteiger partial charge in [-0.3, -0.25) is 25.4 Å². The summed E-state index contributed by atoms with van der Waals surface area (Å²) in [6.07, 6.45) is -3.68. The maximum atomic E-state index is 12.9. The van der Waals surface area contributed by atoms with Gasteiger partial charge in [-0.15, -0.1) is 0 Å². The molecule has 6 nitrogen and oxygen atoms in total. The van der Waals surface area contributed by atoms with Crippen molar-refractivity contribution in [1.29, 1.82) is 0 Å². The number of hydrogen-bond acceptors (Lipinski definition) is 4. The van der Waals surface area contributed by atoms with Crippen LogP contribution in [0.1, 0.15) is 33.3 Å². The standard InChI is InChI=1S/C16H14F3N3O3/c1-2-25-11-7-5-10(6-8-11)14(23)21-22-15(24)13-12(16(17,18)19)4-3-9-20-13/h3-9H,2H2,1H3,(H,21,23)(H,22,24). The number of rotatable bonds is 4. The first-order valence-corrected chi connectivity index (χ1v) is 7.18. The van der Waals surface area contributed by atoms with Crippen molar-refractivity contribution in [2.45, 2.75) is 13.1 Å². The number of nitrogens with zero attached hydrogens (tertiary/aromatic N) is 1. The Morgan fingerprint density at radius 3 is 2.32 bits per heavy atom. The lowest BCUT2D eigenvalue weighted by atomic mass is 10.2. The number of ether oxygens (including phenoxy) is 1. The van der Waals surface area contributed by atoms with Crippen molar-refractivity contribution >= 4 is 11.8 Å². The Kier molecular flexibility index (Phi) is 5.58. The summed E-state index contributed by atoms with van der Waals surface area (Å²) in [7, 11) is 0. The van der Waals surface area contributed by atoms with Crippen molar-refractivity contribution in [3.8, 4) is 5.75 Å². The van der Waals surface area contributed by atoms with Crippen LogP contribution in [-0.2, 0) is 6.18 Å². The molecule has 0 spiro atoms. The molecule has 0 saturated heterocycles. The Balaban J connectivity index is 2.04. The molecule has 0 aliphatic heterocycles. The zero-order valence-electron chi connectivity index (χ0n) is 13.1. The Morgan fingerprint density at radius 1 is 1.08 bits per heavy atom. The molecule has 0 unspecified atom stereocenters. The van der Waals surface area contributed by atoms with Gasteiger partial charge in [-0.25, -0.2) is 0 Å². The molecule has 1 aromatic carbocycles. The van der Waals surface area contributed by atoms with Crippen molar-refractivity contribution in [2.24, 2.45) is 0 Å². The fraction of sp³-hybridized carbons (Fsp3) is 0.188. The number of hydrazine groups is 1. The highest BCUT2D eigenvalue weighted by Gasteiger charge is 2.36. The van der Waals surface area contributed by atoms with E-state index in [0.717, 1.165) is 18.3 Å². The van der Waals surface area contributed by atoms with Gasteiger partial charge in [0.2, 0.25) is 0 Å². The number of carbonyl (C=O) groups is 2. The van der Waals surface area contributed by atoms with Crippen LogP contribution in [0.4, 0.5) is 13.2 Å². The first kappa shape index (κ1) is 18.2. The second-order valence-electron chi connectivity index (χ2n) is 4.76. The van der Waals surface area contributed by atoms with Crippen LogP contribution in [0.2, 0.25) is 0 Å². The van der Waals surface area contributed by atoms with E-state index in [1.165, 1.54) is 12.1 Å². The average Bonchev–Trinajstić information content (AvgIpc) is 2.59. The van der Waals surface area contributed by atoms with E-state index >= 15 is 0 Å². The number of aromatic nitrogens is 1. The second kappa shape index (κ2) is 7.65. The van der Waals surface area contributed by atoms with Crippen molar-refractivity contribution in [2.75, 3.05) is 6.61 Å². The molecule has 25 heavy (non-hydrogen) atoms. The van der Waals surface area contributed by atoms with Crippen molar-refractivity contribution in [3.05, 3.63) is 59.4 Å². The molecule has 0 aliphatic carbocycles. The summed E-state index contributed by atoms with van der Waals surface area (Å²) in [5.74, 6) is -1.31. The van der Waals surface area contributed by atoms with Gasteiger partial charge in [-0.05, 0) is 43.3 Å². The quantitative estimate of drug-likeness (QED) is 0.828. The van der Waals surface area contributed by atoms with Gasteiger partial charge >= 0.3 is 6.18 Å². The van der Waals surface area contributed by atoms with Crippen LogP contribution in [0.15, 0.2) is 42.6 Å². The van der Waals surface area contributed by atoms with Crippen LogP contribution in [0.25, 0.3) is 0 Å². The first-order valence-electron chi connectivity index (χ1n) is 7.18. The molecule has 132 valence electrons. The number of pyridine rings is 1. The average molecular weight is 353 g/mol. The SMILES string of the molecule is CCOc1ccc(C(=O)NNC(=O)c2ncccc2C(F)(F)F)cc1.